The van der Waals surface area contributed by atoms with Gasteiger partial charge in [-0.3, -0.25) is 19.7 Å². The number of carbonyl (C=O) groups is 3. The molecule has 1 aromatic carbocycles. The first-order valence-corrected chi connectivity index (χ1v) is 10.5. The first kappa shape index (κ1) is 23.6. The molecule has 1 unspecified atom stereocenters. The van der Waals surface area contributed by atoms with Crippen molar-refractivity contribution in [2.75, 3.05) is 26.3 Å². The molecule has 1 aliphatic rings. The van der Waals surface area contributed by atoms with E-state index in [1.54, 1.807) is 29.2 Å². The van der Waals surface area contributed by atoms with Crippen molar-refractivity contribution >= 4 is 35.1 Å². The van der Waals surface area contributed by atoms with Crippen molar-refractivity contribution in [2.24, 2.45) is 5.92 Å². The molecular weight excluding hydrogens is 406 g/mol. The molecule has 0 aromatic heterocycles. The van der Waals surface area contributed by atoms with E-state index in [9.17, 15) is 14.4 Å². The molecule has 1 saturated heterocycles. The van der Waals surface area contributed by atoms with Crippen LogP contribution in [0.3, 0.4) is 0 Å². The zero-order chi connectivity index (χ0) is 22.1. The topological polar surface area (TPSA) is 97.0 Å². The molecule has 0 saturated carbocycles. The van der Waals surface area contributed by atoms with E-state index in [0.29, 0.717) is 50.0 Å². The summed E-state index contributed by atoms with van der Waals surface area (Å²) in [6.45, 7) is 7.65. The minimum absolute atomic E-state index is 0.100. The third-order valence-electron chi connectivity index (χ3n) is 4.34. The molecule has 0 aliphatic carbocycles. The van der Waals surface area contributed by atoms with Gasteiger partial charge in [0.1, 0.15) is 11.8 Å². The second-order valence-corrected chi connectivity index (χ2v) is 7.80. The highest BCUT2D eigenvalue weighted by Crippen LogP contribution is 2.14. The van der Waals surface area contributed by atoms with Crippen molar-refractivity contribution < 1.29 is 23.9 Å². The summed E-state index contributed by atoms with van der Waals surface area (Å²) in [5, 5.41) is 5.46. The van der Waals surface area contributed by atoms with Gasteiger partial charge in [-0.25, -0.2) is 0 Å². The molecular formula is C21H29N3O5S. The lowest BCUT2D eigenvalue weighted by Gasteiger charge is -2.36. The number of amides is 2. The summed E-state index contributed by atoms with van der Waals surface area (Å²) in [5.41, 5.74) is 0.412. The van der Waals surface area contributed by atoms with Gasteiger partial charge >= 0.3 is 5.97 Å². The van der Waals surface area contributed by atoms with E-state index >= 15 is 0 Å². The fourth-order valence-corrected chi connectivity index (χ4v) is 3.11. The summed E-state index contributed by atoms with van der Waals surface area (Å²) in [7, 11) is 0. The maximum atomic E-state index is 12.6. The predicted molar refractivity (Wildman–Crippen MR) is 116 cm³/mol. The number of hydrogen-bond donors (Lipinski definition) is 2. The Balaban J connectivity index is 1.98. The average Bonchev–Trinajstić information content (AvgIpc) is 2.72. The maximum Gasteiger partial charge on any atom is 0.308 e. The van der Waals surface area contributed by atoms with Crippen molar-refractivity contribution in [3.05, 3.63) is 29.8 Å². The Morgan fingerprint density at radius 1 is 1.30 bits per heavy atom. The predicted octanol–water partition coefficient (Wildman–Crippen LogP) is 1.88. The Morgan fingerprint density at radius 3 is 2.63 bits per heavy atom. The van der Waals surface area contributed by atoms with Gasteiger partial charge in [-0.15, -0.1) is 0 Å². The van der Waals surface area contributed by atoms with Gasteiger partial charge in [0.2, 0.25) is 5.91 Å². The number of benzene rings is 1. The van der Waals surface area contributed by atoms with Crippen LogP contribution in [-0.2, 0) is 14.3 Å². The molecule has 9 heteroatoms. The van der Waals surface area contributed by atoms with E-state index in [2.05, 4.69) is 24.5 Å². The highest BCUT2D eigenvalue weighted by molar-refractivity contribution is 7.80. The van der Waals surface area contributed by atoms with Crippen LogP contribution in [0, 0.1) is 5.92 Å². The summed E-state index contributed by atoms with van der Waals surface area (Å²) in [4.78, 5) is 38.4. The lowest BCUT2D eigenvalue weighted by atomic mass is 10.1. The molecule has 1 aromatic rings. The third-order valence-corrected chi connectivity index (χ3v) is 4.68. The number of nitrogens with one attached hydrogen (secondary N) is 2. The molecule has 2 rings (SSSR count). The Bertz CT molecular complexity index is 766. The van der Waals surface area contributed by atoms with Crippen LogP contribution >= 0.6 is 12.2 Å². The number of thiocarbonyl (C=S) groups is 1. The molecule has 2 amide bonds. The molecule has 1 aliphatic heterocycles. The Hall–Kier alpha value is -2.68. The fourth-order valence-electron chi connectivity index (χ4n) is 2.80. The van der Waals surface area contributed by atoms with Gasteiger partial charge in [-0.1, -0.05) is 20.8 Å². The summed E-state index contributed by atoms with van der Waals surface area (Å²) < 4.78 is 10.7. The van der Waals surface area contributed by atoms with Crippen molar-refractivity contribution in [1.29, 1.82) is 0 Å². The lowest BCUT2D eigenvalue weighted by Crippen LogP contribution is -2.60. The summed E-state index contributed by atoms with van der Waals surface area (Å²) in [6.07, 6.45) is 0.561. The van der Waals surface area contributed by atoms with E-state index in [1.165, 1.54) is 0 Å². The number of nitrogens with zero attached hydrogens (tertiary/aromatic N) is 1. The zero-order valence-electron chi connectivity index (χ0n) is 17.6. The molecule has 2 N–H and O–H groups in total. The number of piperazine rings is 1. The first-order valence-electron chi connectivity index (χ1n) is 10.1. The minimum Gasteiger partial charge on any atom is -0.493 e. The van der Waals surface area contributed by atoms with Crippen LogP contribution in [0.15, 0.2) is 24.3 Å². The van der Waals surface area contributed by atoms with Gasteiger partial charge in [-0.2, -0.15) is 0 Å². The molecule has 1 fully saturated rings. The third kappa shape index (κ3) is 6.98. The summed E-state index contributed by atoms with van der Waals surface area (Å²) in [6, 6.07) is 5.93. The van der Waals surface area contributed by atoms with Gasteiger partial charge in [0.05, 0.1) is 19.6 Å². The fraction of sp³-hybridized carbons (Fsp3) is 0.524. The second kappa shape index (κ2) is 11.5. The van der Waals surface area contributed by atoms with E-state index in [-0.39, 0.29) is 17.4 Å². The number of carbonyl (C=O) groups excluding carboxylic acids is 3. The standard InChI is InChI=1S/C21H29N3O5S/c1-4-11-28-18(25)12-17-20(27)22-9-10-24(17)21(30)23-19(26)15-5-7-16(8-6-15)29-13-14(2)3/h5-8,14,17H,4,9-13H2,1-3H3,(H,22,27)(H,23,26,30). The Labute approximate surface area is 182 Å². The van der Waals surface area contributed by atoms with Crippen molar-refractivity contribution in [3.8, 4) is 5.75 Å². The Morgan fingerprint density at radius 2 is 2.00 bits per heavy atom. The van der Waals surface area contributed by atoms with E-state index in [1.807, 2.05) is 6.92 Å². The molecule has 30 heavy (non-hydrogen) atoms. The van der Waals surface area contributed by atoms with Gasteiger partial charge in [0.25, 0.3) is 5.91 Å². The van der Waals surface area contributed by atoms with Crippen LogP contribution in [0.2, 0.25) is 0 Å². The van der Waals surface area contributed by atoms with Gasteiger partial charge in [0, 0.05) is 18.7 Å². The zero-order valence-corrected chi connectivity index (χ0v) is 18.4. The highest BCUT2D eigenvalue weighted by Gasteiger charge is 2.34. The van der Waals surface area contributed by atoms with Crippen LogP contribution < -0.4 is 15.4 Å². The molecule has 0 spiro atoms. The number of rotatable bonds is 8. The second-order valence-electron chi connectivity index (χ2n) is 7.41. The van der Waals surface area contributed by atoms with Crippen LogP contribution in [0.25, 0.3) is 0 Å². The monoisotopic (exact) mass is 435 g/mol. The SMILES string of the molecule is CCCOC(=O)CC1C(=O)NCCN1C(=S)NC(=O)c1ccc(OCC(C)C)cc1. The van der Waals surface area contributed by atoms with Crippen LogP contribution in [0.5, 0.6) is 5.75 Å². The van der Waals surface area contributed by atoms with Crippen molar-refractivity contribution in [3.63, 3.8) is 0 Å². The quantitative estimate of drug-likeness (QED) is 0.475. The van der Waals surface area contributed by atoms with Gasteiger partial charge < -0.3 is 19.7 Å². The summed E-state index contributed by atoms with van der Waals surface area (Å²) in [5.74, 6) is -0.109. The van der Waals surface area contributed by atoms with E-state index < -0.39 is 17.9 Å². The summed E-state index contributed by atoms with van der Waals surface area (Å²) >= 11 is 5.35. The lowest BCUT2D eigenvalue weighted by molar-refractivity contribution is -0.147. The normalized spacial score (nSPS) is 16.1. The van der Waals surface area contributed by atoms with Crippen LogP contribution in [0.1, 0.15) is 44.0 Å². The average molecular weight is 436 g/mol. The van der Waals surface area contributed by atoms with Crippen molar-refractivity contribution in [2.45, 2.75) is 39.7 Å². The van der Waals surface area contributed by atoms with Crippen LogP contribution in [-0.4, -0.2) is 60.1 Å². The number of ether oxygens (including phenoxy) is 2. The maximum absolute atomic E-state index is 12.6. The Kier molecular flexibility index (Phi) is 9.04. The van der Waals surface area contributed by atoms with Gasteiger partial charge in [-0.05, 0) is 48.8 Å². The minimum atomic E-state index is -0.817. The van der Waals surface area contributed by atoms with Crippen LogP contribution in [0.4, 0.5) is 0 Å². The largest absolute Gasteiger partial charge is 0.493 e. The number of hydrogen-bond acceptors (Lipinski definition) is 6. The number of esters is 1. The molecule has 0 bridgehead atoms. The van der Waals surface area contributed by atoms with Gasteiger partial charge in [0.15, 0.2) is 5.11 Å². The molecule has 1 heterocycles. The highest BCUT2D eigenvalue weighted by atomic mass is 32.1. The molecule has 0 radical (unpaired) electrons. The molecule has 1 atom stereocenters. The molecule has 164 valence electrons. The van der Waals surface area contributed by atoms with E-state index in [4.69, 9.17) is 21.7 Å². The first-order chi connectivity index (χ1) is 14.3. The van der Waals surface area contributed by atoms with E-state index in [0.717, 1.165) is 0 Å². The molecule has 8 nitrogen and oxygen atoms in total. The van der Waals surface area contributed by atoms with Crippen molar-refractivity contribution in [1.82, 2.24) is 15.5 Å². The smallest absolute Gasteiger partial charge is 0.308 e.